The second-order valence-electron chi connectivity index (χ2n) is 3.91. The van der Waals surface area contributed by atoms with Gasteiger partial charge in [0.1, 0.15) is 0 Å². The third-order valence-corrected chi connectivity index (χ3v) is 3.86. The molecular weight excluding hydrogens is 194 g/mol. The topological polar surface area (TPSA) is 43.8 Å². The first-order valence-corrected chi connectivity index (χ1v) is 6.30. The number of nitrogens with two attached hydrogens (primary N) is 1. The smallest absolute Gasteiger partial charge is 0.0609 e. The predicted octanol–water partition coefficient (Wildman–Crippen LogP) is 1.97. The van der Waals surface area contributed by atoms with E-state index in [1.54, 1.807) is 0 Å². The van der Waals surface area contributed by atoms with E-state index in [2.05, 4.69) is 16.0 Å². The van der Waals surface area contributed by atoms with Crippen molar-refractivity contribution >= 4 is 11.8 Å². The van der Waals surface area contributed by atoms with Crippen molar-refractivity contribution in [3.8, 4) is 0 Å². The molecule has 78 valence electrons. The van der Waals surface area contributed by atoms with Crippen molar-refractivity contribution in [2.45, 2.75) is 31.8 Å². The lowest BCUT2D eigenvalue weighted by atomic mass is 10.2. The Bertz CT molecular complexity index is 289. The molecule has 2 rings (SSSR count). The van der Waals surface area contributed by atoms with Gasteiger partial charge in [0.25, 0.3) is 0 Å². The molecule has 14 heavy (non-hydrogen) atoms. The number of aromatic nitrogens is 2. The Kier molecular flexibility index (Phi) is 3.13. The summed E-state index contributed by atoms with van der Waals surface area (Å²) in [5.41, 5.74) is 6.94. The Balaban J connectivity index is 2.07. The van der Waals surface area contributed by atoms with Gasteiger partial charge in [-0.25, -0.2) is 0 Å². The van der Waals surface area contributed by atoms with Gasteiger partial charge in [-0.3, -0.25) is 4.68 Å². The van der Waals surface area contributed by atoms with Crippen LogP contribution in [0.2, 0.25) is 0 Å². The molecule has 1 fully saturated rings. The third kappa shape index (κ3) is 2.12. The van der Waals surface area contributed by atoms with Gasteiger partial charge in [-0.2, -0.15) is 16.9 Å². The highest BCUT2D eigenvalue weighted by Gasteiger charge is 2.16. The summed E-state index contributed by atoms with van der Waals surface area (Å²) in [6, 6.07) is 0.682. The maximum atomic E-state index is 5.80. The van der Waals surface area contributed by atoms with Crippen LogP contribution in [0.25, 0.3) is 0 Å². The van der Waals surface area contributed by atoms with Gasteiger partial charge in [-0.05, 0) is 25.5 Å². The van der Waals surface area contributed by atoms with Crippen molar-refractivity contribution in [2.24, 2.45) is 5.73 Å². The van der Waals surface area contributed by atoms with Gasteiger partial charge in [-0.1, -0.05) is 0 Å². The average molecular weight is 211 g/mol. The molecular formula is C10H17N3S. The largest absolute Gasteiger partial charge is 0.324 e. The molecule has 2 heterocycles. The molecule has 0 aromatic carbocycles. The van der Waals surface area contributed by atoms with Crippen molar-refractivity contribution < 1.29 is 0 Å². The minimum Gasteiger partial charge on any atom is -0.324 e. The molecule has 2 N–H and O–H groups in total. The van der Waals surface area contributed by atoms with E-state index in [1.165, 1.54) is 24.3 Å². The van der Waals surface area contributed by atoms with Crippen LogP contribution >= 0.6 is 11.8 Å². The summed E-state index contributed by atoms with van der Waals surface area (Å²) >= 11 is 2.02. The van der Waals surface area contributed by atoms with Gasteiger partial charge in [0, 0.05) is 23.6 Å². The number of hydrogen-bond donors (Lipinski definition) is 1. The summed E-state index contributed by atoms with van der Waals surface area (Å²) in [5, 5.41) is 4.38. The van der Waals surface area contributed by atoms with Crippen molar-refractivity contribution in [3.63, 3.8) is 0 Å². The van der Waals surface area contributed by atoms with Gasteiger partial charge in [0.15, 0.2) is 0 Å². The molecule has 0 aliphatic carbocycles. The minimum atomic E-state index is 0.0972. The molecule has 0 amide bonds. The monoisotopic (exact) mass is 211 g/mol. The standard InChI is InChI=1S/C10H17N3S/c1-8(11)9-5-12-13(6-9)10-3-2-4-14-7-10/h5-6,8,10H,2-4,7,11H2,1H3. The van der Waals surface area contributed by atoms with Crippen LogP contribution in [0.15, 0.2) is 12.4 Å². The summed E-state index contributed by atoms with van der Waals surface area (Å²) in [4.78, 5) is 0. The van der Waals surface area contributed by atoms with Gasteiger partial charge in [0.05, 0.1) is 12.2 Å². The molecule has 3 nitrogen and oxygen atoms in total. The van der Waals surface area contributed by atoms with Gasteiger partial charge in [-0.15, -0.1) is 0 Å². The van der Waals surface area contributed by atoms with Crippen molar-refractivity contribution in [1.29, 1.82) is 0 Å². The fourth-order valence-electron chi connectivity index (χ4n) is 1.72. The number of nitrogens with zero attached hydrogens (tertiary/aromatic N) is 2. The summed E-state index contributed by atoms with van der Waals surface area (Å²) in [7, 11) is 0. The van der Waals surface area contributed by atoms with E-state index in [-0.39, 0.29) is 6.04 Å². The SMILES string of the molecule is CC(N)c1cnn(C2CCCSC2)c1. The molecule has 2 atom stereocenters. The normalized spacial score (nSPS) is 24.9. The lowest BCUT2D eigenvalue weighted by Gasteiger charge is -2.21. The number of hydrogen-bond acceptors (Lipinski definition) is 3. The van der Waals surface area contributed by atoms with Crippen LogP contribution in [0, 0.1) is 0 Å². The van der Waals surface area contributed by atoms with Gasteiger partial charge < -0.3 is 5.73 Å². The van der Waals surface area contributed by atoms with Crippen LogP contribution in [0.4, 0.5) is 0 Å². The Morgan fingerprint density at radius 1 is 1.71 bits per heavy atom. The third-order valence-electron chi connectivity index (χ3n) is 2.66. The molecule has 0 radical (unpaired) electrons. The van der Waals surface area contributed by atoms with E-state index >= 15 is 0 Å². The highest BCUT2D eigenvalue weighted by atomic mass is 32.2. The maximum Gasteiger partial charge on any atom is 0.0609 e. The highest BCUT2D eigenvalue weighted by molar-refractivity contribution is 7.99. The second kappa shape index (κ2) is 4.36. The van der Waals surface area contributed by atoms with Crippen LogP contribution in [0.3, 0.4) is 0 Å². The molecule has 1 aromatic rings. The first kappa shape index (κ1) is 10.1. The summed E-state index contributed by atoms with van der Waals surface area (Å²) in [5.74, 6) is 2.50. The molecule has 0 bridgehead atoms. The van der Waals surface area contributed by atoms with E-state index in [4.69, 9.17) is 5.73 Å². The van der Waals surface area contributed by atoms with Crippen LogP contribution < -0.4 is 5.73 Å². The first-order valence-electron chi connectivity index (χ1n) is 5.15. The predicted molar refractivity (Wildman–Crippen MR) is 60.4 cm³/mol. The van der Waals surface area contributed by atoms with Crippen molar-refractivity contribution in [2.75, 3.05) is 11.5 Å². The lowest BCUT2D eigenvalue weighted by Crippen LogP contribution is -2.16. The van der Waals surface area contributed by atoms with Crippen LogP contribution in [0.1, 0.15) is 37.4 Å². The summed E-state index contributed by atoms with van der Waals surface area (Å²) < 4.78 is 2.09. The van der Waals surface area contributed by atoms with Gasteiger partial charge >= 0.3 is 0 Å². The lowest BCUT2D eigenvalue weighted by molar-refractivity contribution is 0.454. The van der Waals surface area contributed by atoms with Gasteiger partial charge in [0.2, 0.25) is 0 Å². The first-order chi connectivity index (χ1) is 6.77. The summed E-state index contributed by atoms with van der Waals surface area (Å²) in [6.07, 6.45) is 6.56. The Morgan fingerprint density at radius 3 is 3.14 bits per heavy atom. The van der Waals surface area contributed by atoms with E-state index < -0.39 is 0 Å². The fraction of sp³-hybridized carbons (Fsp3) is 0.700. The molecule has 0 saturated carbocycles. The zero-order chi connectivity index (χ0) is 9.97. The Morgan fingerprint density at radius 2 is 2.57 bits per heavy atom. The van der Waals surface area contributed by atoms with E-state index in [0.717, 1.165) is 5.56 Å². The maximum absolute atomic E-state index is 5.80. The molecule has 1 aliphatic heterocycles. The van der Waals surface area contributed by atoms with Crippen LogP contribution in [-0.4, -0.2) is 21.3 Å². The van der Waals surface area contributed by atoms with Crippen molar-refractivity contribution in [3.05, 3.63) is 18.0 Å². The molecule has 1 aliphatic rings. The molecule has 4 heteroatoms. The van der Waals surface area contributed by atoms with Crippen molar-refractivity contribution in [1.82, 2.24) is 9.78 Å². The second-order valence-corrected chi connectivity index (χ2v) is 5.06. The highest BCUT2D eigenvalue weighted by Crippen LogP contribution is 2.26. The molecule has 0 spiro atoms. The number of rotatable bonds is 2. The molecule has 2 unspecified atom stereocenters. The quantitative estimate of drug-likeness (QED) is 0.813. The number of thioether (sulfide) groups is 1. The zero-order valence-corrected chi connectivity index (χ0v) is 9.33. The molecule has 1 aromatic heterocycles. The Labute approximate surface area is 89.1 Å². The van der Waals surface area contributed by atoms with Crippen LogP contribution in [0.5, 0.6) is 0 Å². The summed E-state index contributed by atoms with van der Waals surface area (Å²) in [6.45, 7) is 2.00. The van der Waals surface area contributed by atoms with E-state index in [9.17, 15) is 0 Å². The average Bonchev–Trinajstić information content (AvgIpc) is 2.68. The van der Waals surface area contributed by atoms with Crippen LogP contribution in [-0.2, 0) is 0 Å². The van der Waals surface area contributed by atoms with E-state index in [0.29, 0.717) is 6.04 Å². The minimum absolute atomic E-state index is 0.0972. The van der Waals surface area contributed by atoms with E-state index in [1.807, 2.05) is 24.9 Å². The Hall–Kier alpha value is -0.480. The fourth-order valence-corrected chi connectivity index (χ4v) is 2.85. The molecule has 1 saturated heterocycles. The zero-order valence-electron chi connectivity index (χ0n) is 8.52.